The Labute approximate surface area is 105 Å². The molecule has 0 aromatic heterocycles. The van der Waals surface area contributed by atoms with Crippen molar-refractivity contribution >= 4 is 5.69 Å². The molecule has 0 saturated carbocycles. The molecule has 1 heterocycles. The minimum atomic E-state index is 0.211. The molecule has 1 aliphatic heterocycles. The molecule has 0 atom stereocenters. The molecule has 2 heteroatoms. The first-order valence-corrected chi connectivity index (χ1v) is 6.58. The molecule has 1 aromatic carbocycles. The van der Waals surface area contributed by atoms with Gasteiger partial charge in [0.15, 0.2) is 0 Å². The fourth-order valence-electron chi connectivity index (χ4n) is 2.61. The van der Waals surface area contributed by atoms with E-state index in [9.17, 15) is 0 Å². The Morgan fingerprint density at radius 2 is 1.94 bits per heavy atom. The van der Waals surface area contributed by atoms with Crippen LogP contribution in [0.4, 0.5) is 5.69 Å². The van der Waals surface area contributed by atoms with Crippen molar-refractivity contribution in [3.8, 4) is 0 Å². The van der Waals surface area contributed by atoms with E-state index in [1.54, 1.807) is 0 Å². The second kappa shape index (κ2) is 4.69. The van der Waals surface area contributed by atoms with Gasteiger partial charge in [0.1, 0.15) is 0 Å². The Hall–Kier alpha value is -1.02. The van der Waals surface area contributed by atoms with E-state index in [-0.39, 0.29) is 5.54 Å². The lowest BCUT2D eigenvalue weighted by Gasteiger charge is -2.41. The van der Waals surface area contributed by atoms with Crippen LogP contribution in [0, 0.1) is 0 Å². The van der Waals surface area contributed by atoms with Gasteiger partial charge in [-0.2, -0.15) is 0 Å². The molecule has 1 N–H and O–H groups in total. The minimum Gasteiger partial charge on any atom is -0.368 e. The van der Waals surface area contributed by atoms with Crippen molar-refractivity contribution in [2.24, 2.45) is 0 Å². The fraction of sp³-hybridized carbons (Fsp3) is 0.600. The number of benzene rings is 1. The third-order valence-corrected chi connectivity index (χ3v) is 3.47. The average Bonchev–Trinajstić information content (AvgIpc) is 2.27. The topological polar surface area (TPSA) is 15.3 Å². The zero-order valence-corrected chi connectivity index (χ0v) is 11.5. The molecule has 0 aliphatic carbocycles. The summed E-state index contributed by atoms with van der Waals surface area (Å²) in [5.74, 6) is 0.587. The lowest BCUT2D eigenvalue weighted by Crippen LogP contribution is -2.57. The molecule has 17 heavy (non-hydrogen) atoms. The zero-order valence-electron chi connectivity index (χ0n) is 11.5. The summed E-state index contributed by atoms with van der Waals surface area (Å²) in [7, 11) is 0. The van der Waals surface area contributed by atoms with Crippen molar-refractivity contribution in [1.29, 1.82) is 0 Å². The fourth-order valence-corrected chi connectivity index (χ4v) is 2.61. The molecule has 1 aliphatic rings. The van der Waals surface area contributed by atoms with Gasteiger partial charge in [-0.1, -0.05) is 32.0 Å². The molecule has 1 fully saturated rings. The number of rotatable bonds is 2. The molecule has 1 saturated heterocycles. The van der Waals surface area contributed by atoms with Crippen molar-refractivity contribution in [3.05, 3.63) is 29.8 Å². The smallest absolute Gasteiger partial charge is 0.0402 e. The molecule has 0 amide bonds. The van der Waals surface area contributed by atoms with Crippen molar-refractivity contribution in [2.45, 2.75) is 39.2 Å². The first kappa shape index (κ1) is 12.4. The molecule has 0 radical (unpaired) electrons. The predicted octanol–water partition coefficient (Wildman–Crippen LogP) is 3.00. The summed E-state index contributed by atoms with van der Waals surface area (Å²) >= 11 is 0. The highest BCUT2D eigenvalue weighted by Gasteiger charge is 2.26. The maximum atomic E-state index is 3.57. The van der Waals surface area contributed by atoms with Gasteiger partial charge in [-0.25, -0.2) is 0 Å². The number of anilines is 1. The number of nitrogens with zero attached hydrogens (tertiary/aromatic N) is 1. The van der Waals surface area contributed by atoms with E-state index < -0.39 is 0 Å². The Morgan fingerprint density at radius 1 is 1.24 bits per heavy atom. The molecular weight excluding hydrogens is 208 g/mol. The van der Waals surface area contributed by atoms with Gasteiger partial charge in [0, 0.05) is 30.9 Å². The van der Waals surface area contributed by atoms with E-state index >= 15 is 0 Å². The summed E-state index contributed by atoms with van der Waals surface area (Å²) in [5.41, 5.74) is 3.09. The van der Waals surface area contributed by atoms with Crippen LogP contribution in [0.5, 0.6) is 0 Å². The summed E-state index contributed by atoms with van der Waals surface area (Å²) in [6.07, 6.45) is 0. The van der Waals surface area contributed by atoms with Crippen molar-refractivity contribution in [1.82, 2.24) is 5.32 Å². The average molecular weight is 232 g/mol. The highest BCUT2D eigenvalue weighted by molar-refractivity contribution is 5.55. The zero-order chi connectivity index (χ0) is 12.5. The van der Waals surface area contributed by atoms with Crippen LogP contribution in [0.2, 0.25) is 0 Å². The Bertz CT molecular complexity index is 382. The standard InChI is InChI=1S/C15H24N2/c1-12(2)13-7-5-6-8-14(13)17-10-9-16-15(3,4)11-17/h5-8,12,16H,9-11H2,1-4H3. The van der Waals surface area contributed by atoms with Crippen LogP contribution in [0.3, 0.4) is 0 Å². The summed E-state index contributed by atoms with van der Waals surface area (Å²) in [6, 6.07) is 8.81. The molecule has 0 spiro atoms. The quantitative estimate of drug-likeness (QED) is 0.843. The van der Waals surface area contributed by atoms with E-state index in [0.717, 1.165) is 19.6 Å². The number of piperazine rings is 1. The predicted molar refractivity (Wildman–Crippen MR) is 74.8 cm³/mol. The highest BCUT2D eigenvalue weighted by Crippen LogP contribution is 2.29. The van der Waals surface area contributed by atoms with E-state index in [2.05, 4.69) is 62.2 Å². The summed E-state index contributed by atoms with van der Waals surface area (Å²) in [5, 5.41) is 3.57. The van der Waals surface area contributed by atoms with Crippen LogP contribution in [0.15, 0.2) is 24.3 Å². The van der Waals surface area contributed by atoms with E-state index in [0.29, 0.717) is 5.92 Å². The maximum Gasteiger partial charge on any atom is 0.0402 e. The maximum absolute atomic E-state index is 3.57. The van der Waals surface area contributed by atoms with Gasteiger partial charge in [0.25, 0.3) is 0 Å². The van der Waals surface area contributed by atoms with Crippen molar-refractivity contribution in [3.63, 3.8) is 0 Å². The SMILES string of the molecule is CC(C)c1ccccc1N1CCNC(C)(C)C1. The largest absolute Gasteiger partial charge is 0.368 e. The monoisotopic (exact) mass is 232 g/mol. The molecule has 1 aromatic rings. The number of hydrogen-bond donors (Lipinski definition) is 1. The number of hydrogen-bond acceptors (Lipinski definition) is 2. The Kier molecular flexibility index (Phi) is 3.43. The summed E-state index contributed by atoms with van der Waals surface area (Å²) < 4.78 is 0. The third kappa shape index (κ3) is 2.81. The molecule has 2 rings (SSSR count). The second-order valence-corrected chi connectivity index (χ2v) is 5.95. The number of para-hydroxylation sites is 1. The van der Waals surface area contributed by atoms with Crippen molar-refractivity contribution < 1.29 is 0 Å². The van der Waals surface area contributed by atoms with Crippen LogP contribution in [0.1, 0.15) is 39.2 Å². The van der Waals surface area contributed by atoms with E-state index in [1.165, 1.54) is 11.3 Å². The van der Waals surface area contributed by atoms with Crippen molar-refractivity contribution in [2.75, 3.05) is 24.5 Å². The minimum absolute atomic E-state index is 0.211. The van der Waals surface area contributed by atoms with Crippen LogP contribution >= 0.6 is 0 Å². The highest BCUT2D eigenvalue weighted by atomic mass is 15.2. The van der Waals surface area contributed by atoms with Gasteiger partial charge in [0.05, 0.1) is 0 Å². The van der Waals surface area contributed by atoms with Gasteiger partial charge < -0.3 is 10.2 Å². The summed E-state index contributed by atoms with van der Waals surface area (Å²) in [4.78, 5) is 2.52. The van der Waals surface area contributed by atoms with Gasteiger partial charge in [-0.15, -0.1) is 0 Å². The Balaban J connectivity index is 2.27. The molecule has 0 unspecified atom stereocenters. The van der Waals surface area contributed by atoms with Crippen LogP contribution < -0.4 is 10.2 Å². The third-order valence-electron chi connectivity index (χ3n) is 3.47. The molecular formula is C15H24N2. The van der Waals surface area contributed by atoms with E-state index in [4.69, 9.17) is 0 Å². The van der Waals surface area contributed by atoms with Gasteiger partial charge in [-0.3, -0.25) is 0 Å². The second-order valence-electron chi connectivity index (χ2n) is 5.95. The molecule has 2 nitrogen and oxygen atoms in total. The lowest BCUT2D eigenvalue weighted by atomic mass is 9.97. The van der Waals surface area contributed by atoms with Gasteiger partial charge >= 0.3 is 0 Å². The van der Waals surface area contributed by atoms with Gasteiger partial charge in [-0.05, 0) is 31.4 Å². The lowest BCUT2D eigenvalue weighted by molar-refractivity contribution is 0.352. The van der Waals surface area contributed by atoms with Crippen LogP contribution in [-0.4, -0.2) is 25.2 Å². The van der Waals surface area contributed by atoms with Gasteiger partial charge in [0.2, 0.25) is 0 Å². The first-order valence-electron chi connectivity index (χ1n) is 6.58. The summed E-state index contributed by atoms with van der Waals surface area (Å²) in [6.45, 7) is 12.3. The van der Waals surface area contributed by atoms with Crippen LogP contribution in [-0.2, 0) is 0 Å². The molecule has 0 bridgehead atoms. The normalized spacial score (nSPS) is 19.7. The molecule has 94 valence electrons. The first-order chi connectivity index (χ1) is 7.99. The number of nitrogens with one attached hydrogen (secondary N) is 1. The van der Waals surface area contributed by atoms with E-state index in [1.807, 2.05) is 0 Å². The Morgan fingerprint density at radius 3 is 2.59 bits per heavy atom. The van der Waals surface area contributed by atoms with Crippen LogP contribution in [0.25, 0.3) is 0 Å².